The van der Waals surface area contributed by atoms with E-state index in [-0.39, 0.29) is 6.04 Å². The number of hydrogen-bond donors (Lipinski definition) is 1. The Morgan fingerprint density at radius 2 is 2.42 bits per heavy atom. The fourth-order valence-electron chi connectivity index (χ4n) is 1.01. The molecule has 2 N–H and O–H groups in total. The highest BCUT2D eigenvalue weighted by atomic mass is 35.5. The number of nitrogens with zero attached hydrogens (tertiary/aromatic N) is 1. The molecule has 0 aliphatic rings. The van der Waals surface area contributed by atoms with Gasteiger partial charge in [0.05, 0.1) is 0 Å². The molecule has 0 fully saturated rings. The lowest BCUT2D eigenvalue weighted by atomic mass is 10.1. The summed E-state index contributed by atoms with van der Waals surface area (Å²) in [4.78, 5) is 3.95. The Morgan fingerprint density at radius 3 is 2.92 bits per heavy atom. The van der Waals surface area contributed by atoms with Gasteiger partial charge in [-0.3, -0.25) is 0 Å². The van der Waals surface area contributed by atoms with Crippen LogP contribution in [0.1, 0.15) is 17.2 Å². The van der Waals surface area contributed by atoms with E-state index >= 15 is 0 Å². The second kappa shape index (κ2) is 3.70. The summed E-state index contributed by atoms with van der Waals surface area (Å²) in [5.41, 5.74) is 7.75. The molecule has 0 saturated carbocycles. The van der Waals surface area contributed by atoms with Gasteiger partial charge in [0.25, 0.3) is 0 Å². The molecule has 1 heterocycles. The van der Waals surface area contributed by atoms with Crippen molar-refractivity contribution in [3.8, 4) is 0 Å². The average molecular weight is 183 g/mol. The van der Waals surface area contributed by atoms with Crippen molar-refractivity contribution in [1.82, 2.24) is 4.98 Å². The number of aryl methyl sites for hydroxylation is 1. The third kappa shape index (κ3) is 1.84. The van der Waals surface area contributed by atoms with E-state index in [4.69, 9.17) is 17.3 Å². The zero-order chi connectivity index (χ0) is 9.14. The van der Waals surface area contributed by atoms with Crippen LogP contribution in [0.2, 0.25) is 5.15 Å². The van der Waals surface area contributed by atoms with E-state index in [1.54, 1.807) is 18.3 Å². The standard InChI is InChI=1S/C9H11ClN2/c1-3-8(11)7-5-12-9(10)4-6(7)2/h3-5,8H,1,11H2,2H3. The first-order valence-corrected chi connectivity index (χ1v) is 4.03. The third-order valence-electron chi connectivity index (χ3n) is 1.73. The van der Waals surface area contributed by atoms with Crippen LogP contribution in [0.4, 0.5) is 0 Å². The van der Waals surface area contributed by atoms with Crippen LogP contribution in [0.5, 0.6) is 0 Å². The molecule has 0 amide bonds. The second-order valence-electron chi connectivity index (χ2n) is 2.63. The van der Waals surface area contributed by atoms with Gasteiger partial charge in [-0.05, 0) is 24.1 Å². The Bertz CT molecular complexity index is 297. The van der Waals surface area contributed by atoms with Crippen molar-refractivity contribution in [2.24, 2.45) is 5.73 Å². The van der Waals surface area contributed by atoms with Crippen LogP contribution in [-0.4, -0.2) is 4.98 Å². The number of nitrogens with two attached hydrogens (primary N) is 1. The fraction of sp³-hybridized carbons (Fsp3) is 0.222. The Balaban J connectivity index is 3.09. The zero-order valence-corrected chi connectivity index (χ0v) is 7.67. The van der Waals surface area contributed by atoms with Crippen LogP contribution < -0.4 is 5.73 Å². The van der Waals surface area contributed by atoms with Crippen LogP contribution in [0, 0.1) is 6.92 Å². The maximum absolute atomic E-state index is 5.74. The summed E-state index contributed by atoms with van der Waals surface area (Å²) >= 11 is 5.69. The molecule has 0 bridgehead atoms. The van der Waals surface area contributed by atoms with E-state index in [2.05, 4.69) is 11.6 Å². The van der Waals surface area contributed by atoms with E-state index in [0.29, 0.717) is 5.15 Å². The smallest absolute Gasteiger partial charge is 0.129 e. The van der Waals surface area contributed by atoms with Gasteiger partial charge in [0.2, 0.25) is 0 Å². The minimum Gasteiger partial charge on any atom is -0.321 e. The SMILES string of the molecule is C=CC(N)c1cnc(Cl)cc1C. The molecule has 0 aromatic carbocycles. The number of hydrogen-bond acceptors (Lipinski definition) is 2. The molecule has 1 unspecified atom stereocenters. The highest BCUT2D eigenvalue weighted by Gasteiger charge is 2.05. The van der Waals surface area contributed by atoms with E-state index in [1.165, 1.54) is 0 Å². The van der Waals surface area contributed by atoms with E-state index in [0.717, 1.165) is 11.1 Å². The Morgan fingerprint density at radius 1 is 1.75 bits per heavy atom. The average Bonchev–Trinajstić information content (AvgIpc) is 2.03. The van der Waals surface area contributed by atoms with Gasteiger partial charge in [0, 0.05) is 12.2 Å². The third-order valence-corrected chi connectivity index (χ3v) is 1.94. The van der Waals surface area contributed by atoms with Crippen LogP contribution >= 0.6 is 11.6 Å². The van der Waals surface area contributed by atoms with Crippen molar-refractivity contribution in [3.05, 3.63) is 41.2 Å². The summed E-state index contributed by atoms with van der Waals surface area (Å²) in [6.07, 6.45) is 3.36. The van der Waals surface area contributed by atoms with Gasteiger partial charge in [0.1, 0.15) is 5.15 Å². The molecule has 1 aromatic heterocycles. The summed E-state index contributed by atoms with van der Waals surface area (Å²) in [6, 6.07) is 1.63. The highest BCUT2D eigenvalue weighted by molar-refractivity contribution is 6.29. The van der Waals surface area contributed by atoms with Crippen molar-refractivity contribution in [2.45, 2.75) is 13.0 Å². The molecular weight excluding hydrogens is 172 g/mol. The fourth-order valence-corrected chi connectivity index (χ4v) is 1.22. The van der Waals surface area contributed by atoms with Crippen molar-refractivity contribution >= 4 is 11.6 Å². The van der Waals surface area contributed by atoms with E-state index in [9.17, 15) is 0 Å². The maximum Gasteiger partial charge on any atom is 0.129 e. The van der Waals surface area contributed by atoms with Gasteiger partial charge >= 0.3 is 0 Å². The molecule has 0 aliphatic carbocycles. The first-order chi connectivity index (χ1) is 5.65. The molecule has 2 nitrogen and oxygen atoms in total. The molecule has 12 heavy (non-hydrogen) atoms. The quantitative estimate of drug-likeness (QED) is 0.563. The minimum absolute atomic E-state index is 0.158. The predicted molar refractivity (Wildman–Crippen MR) is 51.1 cm³/mol. The Kier molecular flexibility index (Phi) is 2.84. The first-order valence-electron chi connectivity index (χ1n) is 3.65. The first kappa shape index (κ1) is 9.23. The van der Waals surface area contributed by atoms with Crippen LogP contribution in [0.25, 0.3) is 0 Å². The van der Waals surface area contributed by atoms with Crippen LogP contribution in [-0.2, 0) is 0 Å². The topological polar surface area (TPSA) is 38.9 Å². The van der Waals surface area contributed by atoms with Gasteiger partial charge in [-0.15, -0.1) is 6.58 Å². The van der Waals surface area contributed by atoms with E-state index in [1.807, 2.05) is 6.92 Å². The molecule has 1 atom stereocenters. The van der Waals surface area contributed by atoms with Crippen molar-refractivity contribution in [2.75, 3.05) is 0 Å². The van der Waals surface area contributed by atoms with Crippen molar-refractivity contribution < 1.29 is 0 Å². The Labute approximate surface area is 77.1 Å². The summed E-state index contributed by atoms with van der Waals surface area (Å²) in [7, 11) is 0. The van der Waals surface area contributed by atoms with Crippen LogP contribution in [0.3, 0.4) is 0 Å². The predicted octanol–water partition coefficient (Wildman–Crippen LogP) is 2.23. The molecule has 0 spiro atoms. The lowest BCUT2D eigenvalue weighted by molar-refractivity contribution is 0.891. The van der Waals surface area contributed by atoms with Gasteiger partial charge in [-0.2, -0.15) is 0 Å². The van der Waals surface area contributed by atoms with Crippen molar-refractivity contribution in [3.63, 3.8) is 0 Å². The zero-order valence-electron chi connectivity index (χ0n) is 6.92. The number of aromatic nitrogens is 1. The molecule has 3 heteroatoms. The Hall–Kier alpha value is -0.860. The molecule has 1 rings (SSSR count). The second-order valence-corrected chi connectivity index (χ2v) is 3.01. The lowest BCUT2D eigenvalue weighted by Gasteiger charge is -2.09. The number of pyridine rings is 1. The summed E-state index contributed by atoms with van der Waals surface area (Å²) in [6.45, 7) is 5.57. The largest absolute Gasteiger partial charge is 0.321 e. The normalized spacial score (nSPS) is 12.6. The highest BCUT2D eigenvalue weighted by Crippen LogP contribution is 2.17. The summed E-state index contributed by atoms with van der Waals surface area (Å²) in [5.74, 6) is 0. The minimum atomic E-state index is -0.158. The molecule has 1 aromatic rings. The molecule has 0 radical (unpaired) electrons. The lowest BCUT2D eigenvalue weighted by Crippen LogP contribution is -2.08. The molecular formula is C9H11ClN2. The molecule has 0 aliphatic heterocycles. The molecule has 0 saturated heterocycles. The summed E-state index contributed by atoms with van der Waals surface area (Å²) in [5, 5.41) is 0.493. The van der Waals surface area contributed by atoms with Gasteiger partial charge in [-0.25, -0.2) is 4.98 Å². The van der Waals surface area contributed by atoms with Gasteiger partial charge in [0.15, 0.2) is 0 Å². The van der Waals surface area contributed by atoms with E-state index < -0.39 is 0 Å². The van der Waals surface area contributed by atoms with Gasteiger partial charge in [-0.1, -0.05) is 17.7 Å². The number of rotatable bonds is 2. The van der Waals surface area contributed by atoms with Crippen LogP contribution in [0.15, 0.2) is 24.9 Å². The summed E-state index contributed by atoms with van der Waals surface area (Å²) < 4.78 is 0. The monoisotopic (exact) mass is 182 g/mol. The van der Waals surface area contributed by atoms with Gasteiger partial charge < -0.3 is 5.73 Å². The maximum atomic E-state index is 5.74. The van der Waals surface area contributed by atoms with Crippen molar-refractivity contribution in [1.29, 1.82) is 0 Å². The molecule has 64 valence electrons. The number of halogens is 1.